The third kappa shape index (κ3) is 3.96. The maximum Gasteiger partial charge on any atom is 0.315 e. The fourth-order valence-electron chi connectivity index (χ4n) is 2.92. The van der Waals surface area contributed by atoms with Gasteiger partial charge in [0.1, 0.15) is 5.82 Å². The van der Waals surface area contributed by atoms with Gasteiger partial charge in [0.25, 0.3) is 5.69 Å². The van der Waals surface area contributed by atoms with Crippen LogP contribution in [0.1, 0.15) is 36.6 Å². The number of non-ortho nitro benzene ring substituents is 1. The molecule has 0 aliphatic carbocycles. The molecule has 8 heteroatoms. The summed E-state index contributed by atoms with van der Waals surface area (Å²) in [4.78, 5) is 23.3. The van der Waals surface area contributed by atoms with Crippen molar-refractivity contribution in [3.05, 3.63) is 69.5 Å². The highest BCUT2D eigenvalue weighted by atomic mass is 32.2. The van der Waals surface area contributed by atoms with Crippen molar-refractivity contribution in [2.75, 3.05) is 5.75 Å². The Balaban J connectivity index is 1.67. The second-order valence-electron chi connectivity index (χ2n) is 6.04. The van der Waals surface area contributed by atoms with E-state index in [1.807, 2.05) is 6.07 Å². The van der Waals surface area contributed by atoms with Gasteiger partial charge in [-0.05, 0) is 30.5 Å². The van der Waals surface area contributed by atoms with Crippen LogP contribution in [0, 0.1) is 15.9 Å². The summed E-state index contributed by atoms with van der Waals surface area (Å²) < 4.78 is 13.9. The zero-order valence-corrected chi connectivity index (χ0v) is 14.9. The Hall–Kier alpha value is -2.61. The Morgan fingerprint density at radius 1 is 1.35 bits per heavy atom. The number of nitrogens with one attached hydrogen (secondary N) is 2. The first-order chi connectivity index (χ1) is 12.5. The first-order valence-corrected chi connectivity index (χ1v) is 9.17. The van der Waals surface area contributed by atoms with Crippen LogP contribution < -0.4 is 10.6 Å². The number of thioether (sulfide) groups is 1. The van der Waals surface area contributed by atoms with Crippen LogP contribution in [0.15, 0.2) is 47.4 Å². The Bertz CT molecular complexity index is 846. The number of rotatable bonds is 4. The Morgan fingerprint density at radius 2 is 2.12 bits per heavy atom. The van der Waals surface area contributed by atoms with E-state index < -0.39 is 17.0 Å². The van der Waals surface area contributed by atoms with Crippen molar-refractivity contribution in [3.8, 4) is 0 Å². The number of hydrogen-bond acceptors (Lipinski definition) is 4. The molecule has 1 heterocycles. The smallest absolute Gasteiger partial charge is 0.315 e. The molecule has 2 atom stereocenters. The fourth-order valence-corrected chi connectivity index (χ4v) is 4.06. The van der Waals surface area contributed by atoms with Crippen molar-refractivity contribution in [2.45, 2.75) is 30.3 Å². The van der Waals surface area contributed by atoms with Gasteiger partial charge >= 0.3 is 6.03 Å². The van der Waals surface area contributed by atoms with Gasteiger partial charge in [-0.1, -0.05) is 24.3 Å². The van der Waals surface area contributed by atoms with Crippen LogP contribution in [0.25, 0.3) is 0 Å². The van der Waals surface area contributed by atoms with Gasteiger partial charge in [0, 0.05) is 22.8 Å². The summed E-state index contributed by atoms with van der Waals surface area (Å²) >= 11 is 1.45. The number of nitrogens with zero attached hydrogens (tertiary/aromatic N) is 1. The molecule has 1 aliphatic rings. The lowest BCUT2D eigenvalue weighted by Gasteiger charge is -2.27. The van der Waals surface area contributed by atoms with Gasteiger partial charge in [0.15, 0.2) is 0 Å². The maximum atomic E-state index is 13.9. The minimum atomic E-state index is -0.471. The summed E-state index contributed by atoms with van der Waals surface area (Å²) in [5, 5.41) is 16.5. The lowest BCUT2D eigenvalue weighted by atomic mass is 10.0. The summed E-state index contributed by atoms with van der Waals surface area (Å²) in [6.45, 7) is 1.75. The molecule has 0 bridgehead atoms. The minimum absolute atomic E-state index is 0.0229. The minimum Gasteiger partial charge on any atom is -0.332 e. The van der Waals surface area contributed by atoms with E-state index in [1.165, 1.54) is 30.0 Å². The number of carbonyl (C=O) groups excluding carboxylic acids is 1. The SMILES string of the molecule is C[C@@H](NC(=O)N[C@@H]1CCSc2c(F)cccc21)c1cccc([N+](=O)[O-])c1. The van der Waals surface area contributed by atoms with Crippen LogP contribution in [-0.2, 0) is 0 Å². The van der Waals surface area contributed by atoms with E-state index in [-0.39, 0.29) is 17.5 Å². The molecule has 0 unspecified atom stereocenters. The van der Waals surface area contributed by atoms with E-state index in [9.17, 15) is 19.3 Å². The van der Waals surface area contributed by atoms with E-state index in [2.05, 4.69) is 10.6 Å². The first kappa shape index (κ1) is 18.2. The van der Waals surface area contributed by atoms with E-state index in [0.717, 1.165) is 11.3 Å². The molecule has 2 amide bonds. The van der Waals surface area contributed by atoms with Gasteiger partial charge in [0.05, 0.1) is 17.0 Å². The number of amides is 2. The van der Waals surface area contributed by atoms with Gasteiger partial charge in [0.2, 0.25) is 0 Å². The monoisotopic (exact) mass is 375 g/mol. The van der Waals surface area contributed by atoms with Crippen LogP contribution in [0.4, 0.5) is 14.9 Å². The van der Waals surface area contributed by atoms with Crippen molar-refractivity contribution in [1.29, 1.82) is 0 Å². The number of urea groups is 1. The highest BCUT2D eigenvalue weighted by Gasteiger charge is 2.25. The molecule has 0 aromatic heterocycles. The quantitative estimate of drug-likeness (QED) is 0.615. The van der Waals surface area contributed by atoms with E-state index >= 15 is 0 Å². The summed E-state index contributed by atoms with van der Waals surface area (Å²) in [7, 11) is 0. The lowest BCUT2D eigenvalue weighted by molar-refractivity contribution is -0.384. The fraction of sp³-hybridized carbons (Fsp3) is 0.278. The molecule has 2 N–H and O–H groups in total. The van der Waals surface area contributed by atoms with E-state index in [4.69, 9.17) is 0 Å². The van der Waals surface area contributed by atoms with Crippen LogP contribution in [0.2, 0.25) is 0 Å². The summed E-state index contributed by atoms with van der Waals surface area (Å²) in [5.74, 6) is 0.448. The number of nitro groups is 1. The Kier molecular flexibility index (Phi) is 5.41. The van der Waals surface area contributed by atoms with Crippen molar-refractivity contribution < 1.29 is 14.1 Å². The molecule has 2 aromatic carbocycles. The lowest BCUT2D eigenvalue weighted by Crippen LogP contribution is -2.40. The molecular formula is C18H18FN3O3S. The number of nitro benzene ring substituents is 1. The molecule has 0 saturated heterocycles. The van der Waals surface area contributed by atoms with Gasteiger partial charge in [-0.3, -0.25) is 10.1 Å². The third-order valence-corrected chi connectivity index (χ3v) is 5.42. The van der Waals surface area contributed by atoms with Crippen molar-refractivity contribution in [3.63, 3.8) is 0 Å². The molecular weight excluding hydrogens is 357 g/mol. The molecule has 6 nitrogen and oxygen atoms in total. The number of benzene rings is 2. The maximum absolute atomic E-state index is 13.9. The number of carbonyl (C=O) groups is 1. The van der Waals surface area contributed by atoms with Gasteiger partial charge in [-0.15, -0.1) is 11.8 Å². The predicted molar refractivity (Wildman–Crippen MR) is 97.7 cm³/mol. The van der Waals surface area contributed by atoms with Crippen molar-refractivity contribution in [1.82, 2.24) is 10.6 Å². The highest BCUT2D eigenvalue weighted by Crippen LogP contribution is 2.37. The third-order valence-electron chi connectivity index (χ3n) is 4.26. The summed E-state index contributed by atoms with van der Waals surface area (Å²) in [5.41, 5.74) is 1.39. The van der Waals surface area contributed by atoms with E-state index in [1.54, 1.807) is 25.1 Å². The second kappa shape index (κ2) is 7.74. The van der Waals surface area contributed by atoms with Crippen LogP contribution in [0.5, 0.6) is 0 Å². The molecule has 0 spiro atoms. The molecule has 1 aliphatic heterocycles. The normalized spacial score (nSPS) is 17.1. The Morgan fingerprint density at radius 3 is 2.88 bits per heavy atom. The average molecular weight is 375 g/mol. The molecule has 26 heavy (non-hydrogen) atoms. The zero-order chi connectivity index (χ0) is 18.7. The van der Waals surface area contributed by atoms with Crippen LogP contribution in [0.3, 0.4) is 0 Å². The molecule has 0 saturated carbocycles. The molecule has 0 fully saturated rings. The highest BCUT2D eigenvalue weighted by molar-refractivity contribution is 7.99. The topological polar surface area (TPSA) is 84.3 Å². The molecule has 2 aromatic rings. The zero-order valence-electron chi connectivity index (χ0n) is 14.1. The largest absolute Gasteiger partial charge is 0.332 e. The van der Waals surface area contributed by atoms with Gasteiger partial charge in [-0.25, -0.2) is 9.18 Å². The number of halogens is 1. The molecule has 136 valence electrons. The average Bonchev–Trinajstić information content (AvgIpc) is 2.62. The van der Waals surface area contributed by atoms with E-state index in [0.29, 0.717) is 16.9 Å². The van der Waals surface area contributed by atoms with Gasteiger partial charge in [-0.2, -0.15) is 0 Å². The Labute approximate surface area is 154 Å². The molecule has 0 radical (unpaired) electrons. The standard InChI is InChI=1S/C18H18FN3O3S/c1-11(12-4-2-5-13(10-12)22(24)25)20-18(23)21-16-8-9-26-17-14(16)6-3-7-15(17)19/h2-7,10-11,16H,8-9H2,1H3,(H2,20,21,23)/t11-,16-/m1/s1. The number of fused-ring (bicyclic) bond motifs is 1. The van der Waals surface area contributed by atoms with Crippen molar-refractivity contribution >= 4 is 23.5 Å². The predicted octanol–water partition coefficient (Wildman–Crippen LogP) is 4.33. The first-order valence-electron chi connectivity index (χ1n) is 8.18. The van der Waals surface area contributed by atoms with Crippen LogP contribution >= 0.6 is 11.8 Å². The molecule has 3 rings (SSSR count). The second-order valence-corrected chi connectivity index (χ2v) is 7.14. The van der Waals surface area contributed by atoms with Gasteiger partial charge < -0.3 is 10.6 Å². The van der Waals surface area contributed by atoms with Crippen molar-refractivity contribution in [2.24, 2.45) is 0 Å². The summed E-state index contributed by atoms with van der Waals surface area (Å²) in [6, 6.07) is 9.96. The summed E-state index contributed by atoms with van der Waals surface area (Å²) in [6.07, 6.45) is 0.708. The number of hydrogen-bond donors (Lipinski definition) is 2. The van der Waals surface area contributed by atoms with Crippen LogP contribution in [-0.4, -0.2) is 16.7 Å².